The van der Waals surface area contributed by atoms with Gasteiger partial charge < -0.3 is 10.6 Å². The second kappa shape index (κ2) is 4.38. The van der Waals surface area contributed by atoms with E-state index in [9.17, 15) is 4.79 Å². The number of likely N-dealkylation sites (tertiary alicyclic amines) is 1. The third-order valence-electron chi connectivity index (χ3n) is 3.12. The standard InChI is InChI=1S/C12H19N3OS/c1-12(2,3)15-10(16)5-4-8(13)11(15)9-6-17-7-14-9/h6-8,11H,4-5,13H2,1-3H3. The fourth-order valence-electron chi connectivity index (χ4n) is 2.43. The van der Waals surface area contributed by atoms with Gasteiger partial charge >= 0.3 is 0 Å². The number of rotatable bonds is 1. The highest BCUT2D eigenvalue weighted by Gasteiger charge is 2.41. The van der Waals surface area contributed by atoms with Gasteiger partial charge in [0.2, 0.25) is 5.91 Å². The van der Waals surface area contributed by atoms with Crippen molar-refractivity contribution in [3.05, 3.63) is 16.6 Å². The van der Waals surface area contributed by atoms with E-state index in [0.717, 1.165) is 12.1 Å². The van der Waals surface area contributed by atoms with Crippen LogP contribution in [0.1, 0.15) is 45.3 Å². The molecule has 4 nitrogen and oxygen atoms in total. The Kier molecular flexibility index (Phi) is 3.23. The van der Waals surface area contributed by atoms with Gasteiger partial charge in [0.1, 0.15) is 0 Å². The van der Waals surface area contributed by atoms with E-state index in [1.807, 2.05) is 31.1 Å². The fraction of sp³-hybridized carbons (Fsp3) is 0.667. The average Bonchev–Trinajstić information content (AvgIpc) is 2.72. The minimum Gasteiger partial charge on any atom is -0.328 e. The summed E-state index contributed by atoms with van der Waals surface area (Å²) in [4.78, 5) is 18.4. The van der Waals surface area contributed by atoms with Crippen molar-refractivity contribution in [2.45, 2.75) is 51.2 Å². The molecule has 1 amide bonds. The predicted octanol–water partition coefficient (Wildman–Crippen LogP) is 1.93. The Hall–Kier alpha value is -0.940. The molecule has 0 aromatic carbocycles. The van der Waals surface area contributed by atoms with Gasteiger partial charge in [-0.15, -0.1) is 11.3 Å². The van der Waals surface area contributed by atoms with Crippen molar-refractivity contribution in [3.8, 4) is 0 Å². The molecular weight excluding hydrogens is 234 g/mol. The van der Waals surface area contributed by atoms with Gasteiger partial charge in [0.05, 0.1) is 17.2 Å². The molecule has 17 heavy (non-hydrogen) atoms. The Morgan fingerprint density at radius 2 is 2.24 bits per heavy atom. The van der Waals surface area contributed by atoms with Crippen LogP contribution < -0.4 is 5.73 Å². The number of nitrogens with zero attached hydrogens (tertiary/aromatic N) is 2. The molecule has 0 radical (unpaired) electrons. The second-order valence-electron chi connectivity index (χ2n) is 5.50. The molecule has 2 heterocycles. The summed E-state index contributed by atoms with van der Waals surface area (Å²) in [7, 11) is 0. The number of piperidine rings is 1. The summed E-state index contributed by atoms with van der Waals surface area (Å²) in [6, 6.07) is -0.100. The maximum atomic E-state index is 12.1. The highest BCUT2D eigenvalue weighted by molar-refractivity contribution is 7.07. The maximum Gasteiger partial charge on any atom is 0.223 e. The number of nitrogens with two attached hydrogens (primary N) is 1. The predicted molar refractivity (Wildman–Crippen MR) is 68.7 cm³/mol. The average molecular weight is 253 g/mol. The molecule has 0 saturated carbocycles. The number of thiazole rings is 1. The maximum absolute atomic E-state index is 12.1. The Labute approximate surface area is 106 Å². The van der Waals surface area contributed by atoms with Crippen LogP contribution in [-0.4, -0.2) is 27.4 Å². The molecular formula is C12H19N3OS. The molecule has 1 aromatic rings. The van der Waals surface area contributed by atoms with Gasteiger partial charge in [-0.3, -0.25) is 4.79 Å². The molecule has 2 atom stereocenters. The van der Waals surface area contributed by atoms with Crippen LogP contribution >= 0.6 is 11.3 Å². The highest BCUT2D eigenvalue weighted by atomic mass is 32.1. The lowest BCUT2D eigenvalue weighted by Crippen LogP contribution is -2.56. The van der Waals surface area contributed by atoms with E-state index in [-0.39, 0.29) is 23.5 Å². The van der Waals surface area contributed by atoms with Gasteiger partial charge in [0.15, 0.2) is 0 Å². The Balaban J connectivity index is 2.39. The van der Waals surface area contributed by atoms with Crippen molar-refractivity contribution < 1.29 is 4.79 Å². The van der Waals surface area contributed by atoms with Crippen molar-refractivity contribution in [2.24, 2.45) is 5.73 Å². The molecule has 0 spiro atoms. The molecule has 0 bridgehead atoms. The molecule has 94 valence electrons. The van der Waals surface area contributed by atoms with E-state index in [1.165, 1.54) is 0 Å². The van der Waals surface area contributed by atoms with E-state index < -0.39 is 0 Å². The molecule has 2 unspecified atom stereocenters. The van der Waals surface area contributed by atoms with Crippen LogP contribution in [0.2, 0.25) is 0 Å². The minimum absolute atomic E-state index is 0.0194. The molecule has 2 rings (SSSR count). The number of aromatic nitrogens is 1. The smallest absolute Gasteiger partial charge is 0.223 e. The fourth-order valence-corrected chi connectivity index (χ4v) is 3.01. The lowest BCUT2D eigenvalue weighted by atomic mass is 9.89. The van der Waals surface area contributed by atoms with Gasteiger partial charge in [-0.25, -0.2) is 4.98 Å². The van der Waals surface area contributed by atoms with Crippen LogP contribution in [0, 0.1) is 0 Å². The van der Waals surface area contributed by atoms with Crippen LogP contribution in [0.25, 0.3) is 0 Å². The number of amides is 1. The monoisotopic (exact) mass is 253 g/mol. The van der Waals surface area contributed by atoms with Crippen molar-refractivity contribution in [1.82, 2.24) is 9.88 Å². The topological polar surface area (TPSA) is 59.2 Å². The summed E-state index contributed by atoms with van der Waals surface area (Å²) in [5, 5.41) is 1.99. The highest BCUT2D eigenvalue weighted by Crippen LogP contribution is 2.35. The summed E-state index contributed by atoms with van der Waals surface area (Å²) in [5.74, 6) is 0.178. The lowest BCUT2D eigenvalue weighted by molar-refractivity contribution is -0.144. The molecule has 0 aliphatic carbocycles. The summed E-state index contributed by atoms with van der Waals surface area (Å²) in [5.41, 5.74) is 8.69. The zero-order chi connectivity index (χ0) is 12.6. The number of hydrogen-bond donors (Lipinski definition) is 1. The van der Waals surface area contributed by atoms with E-state index in [0.29, 0.717) is 6.42 Å². The van der Waals surface area contributed by atoms with Crippen LogP contribution in [0.5, 0.6) is 0 Å². The van der Waals surface area contributed by atoms with Crippen molar-refractivity contribution in [3.63, 3.8) is 0 Å². The first kappa shape index (κ1) is 12.5. The first-order chi connectivity index (χ1) is 7.91. The minimum atomic E-state index is -0.219. The molecule has 1 aliphatic heterocycles. The first-order valence-corrected chi connectivity index (χ1v) is 6.81. The van der Waals surface area contributed by atoms with Gasteiger partial charge in [-0.05, 0) is 27.2 Å². The van der Waals surface area contributed by atoms with Gasteiger partial charge in [-0.2, -0.15) is 0 Å². The third-order valence-corrected chi connectivity index (χ3v) is 3.73. The van der Waals surface area contributed by atoms with Crippen molar-refractivity contribution >= 4 is 17.2 Å². The van der Waals surface area contributed by atoms with Crippen molar-refractivity contribution in [1.29, 1.82) is 0 Å². The Bertz CT molecular complexity index is 396. The largest absolute Gasteiger partial charge is 0.328 e. The number of carbonyl (C=O) groups is 1. The summed E-state index contributed by atoms with van der Waals surface area (Å²) in [6.07, 6.45) is 1.28. The van der Waals surface area contributed by atoms with Gasteiger partial charge in [0, 0.05) is 23.4 Å². The van der Waals surface area contributed by atoms with E-state index in [4.69, 9.17) is 5.73 Å². The molecule has 5 heteroatoms. The molecule has 1 saturated heterocycles. The molecule has 2 N–H and O–H groups in total. The van der Waals surface area contributed by atoms with Gasteiger partial charge in [-0.1, -0.05) is 0 Å². The quantitative estimate of drug-likeness (QED) is 0.832. The zero-order valence-electron chi connectivity index (χ0n) is 10.5. The van der Waals surface area contributed by atoms with E-state index in [1.54, 1.807) is 16.8 Å². The Morgan fingerprint density at radius 3 is 2.76 bits per heavy atom. The van der Waals surface area contributed by atoms with Crippen LogP contribution in [0.15, 0.2) is 10.9 Å². The lowest BCUT2D eigenvalue weighted by Gasteiger charge is -2.46. The summed E-state index contributed by atoms with van der Waals surface area (Å²) in [6.45, 7) is 6.13. The molecule has 1 aliphatic rings. The normalized spacial score (nSPS) is 26.4. The molecule has 1 fully saturated rings. The van der Waals surface area contributed by atoms with Crippen LogP contribution in [0.4, 0.5) is 0 Å². The summed E-state index contributed by atoms with van der Waals surface area (Å²) >= 11 is 1.54. The third kappa shape index (κ3) is 2.35. The van der Waals surface area contributed by atoms with Gasteiger partial charge in [0.25, 0.3) is 0 Å². The first-order valence-electron chi connectivity index (χ1n) is 5.87. The molecule has 1 aromatic heterocycles. The Morgan fingerprint density at radius 1 is 1.53 bits per heavy atom. The van der Waals surface area contributed by atoms with E-state index >= 15 is 0 Å². The van der Waals surface area contributed by atoms with Crippen molar-refractivity contribution in [2.75, 3.05) is 0 Å². The zero-order valence-corrected chi connectivity index (χ0v) is 11.3. The van der Waals surface area contributed by atoms with Crippen LogP contribution in [0.3, 0.4) is 0 Å². The van der Waals surface area contributed by atoms with E-state index in [2.05, 4.69) is 4.98 Å². The van der Waals surface area contributed by atoms with Crippen LogP contribution in [-0.2, 0) is 4.79 Å². The SMILES string of the molecule is CC(C)(C)N1C(=O)CCC(N)C1c1cscn1. The summed E-state index contributed by atoms with van der Waals surface area (Å²) < 4.78 is 0. The number of hydrogen-bond acceptors (Lipinski definition) is 4. The second-order valence-corrected chi connectivity index (χ2v) is 6.21. The number of carbonyl (C=O) groups excluding carboxylic acids is 1.